The maximum absolute atomic E-state index is 12.3. The normalized spacial score (nSPS) is 24.1. The summed E-state index contributed by atoms with van der Waals surface area (Å²) in [6, 6.07) is 8.01. The number of carbonyl (C=O) groups excluding carboxylic acids is 1. The third kappa shape index (κ3) is 3.58. The lowest BCUT2D eigenvalue weighted by molar-refractivity contribution is -0.133. The molecule has 2 nitrogen and oxygen atoms in total. The summed E-state index contributed by atoms with van der Waals surface area (Å²) in [4.78, 5) is 14.3. The number of nitrogens with zero attached hydrogens (tertiary/aromatic N) is 1. The van der Waals surface area contributed by atoms with Crippen LogP contribution in [0.3, 0.4) is 0 Å². The van der Waals surface area contributed by atoms with Crippen LogP contribution < -0.4 is 0 Å². The van der Waals surface area contributed by atoms with Crippen LogP contribution in [0.25, 0.3) is 0 Å². The molecular formula is C15H20BrNO. The minimum absolute atomic E-state index is 0.260. The number of carbonyl (C=O) groups is 1. The summed E-state index contributed by atoms with van der Waals surface area (Å²) in [6.45, 7) is 6.30. The van der Waals surface area contributed by atoms with Gasteiger partial charge in [-0.05, 0) is 36.0 Å². The SMILES string of the molecule is CC1CC(C)CN(C(=O)Cc2ccc(Br)cc2)C1. The van der Waals surface area contributed by atoms with E-state index in [1.54, 1.807) is 0 Å². The fraction of sp³-hybridized carbons (Fsp3) is 0.533. The van der Waals surface area contributed by atoms with Gasteiger partial charge in [-0.3, -0.25) is 4.79 Å². The summed E-state index contributed by atoms with van der Waals surface area (Å²) >= 11 is 3.41. The molecule has 1 saturated heterocycles. The van der Waals surface area contributed by atoms with Crippen LogP contribution in [0, 0.1) is 11.8 Å². The minimum atomic E-state index is 0.260. The van der Waals surface area contributed by atoms with Crippen molar-refractivity contribution in [2.24, 2.45) is 11.8 Å². The second-order valence-electron chi connectivity index (χ2n) is 5.55. The van der Waals surface area contributed by atoms with Gasteiger partial charge in [0.05, 0.1) is 6.42 Å². The Kier molecular flexibility index (Phi) is 4.44. The van der Waals surface area contributed by atoms with Gasteiger partial charge in [0.15, 0.2) is 0 Å². The molecule has 18 heavy (non-hydrogen) atoms. The molecule has 0 spiro atoms. The summed E-state index contributed by atoms with van der Waals surface area (Å²) in [5.74, 6) is 1.51. The zero-order valence-corrected chi connectivity index (χ0v) is 12.6. The van der Waals surface area contributed by atoms with Crippen molar-refractivity contribution in [3.05, 3.63) is 34.3 Å². The van der Waals surface area contributed by atoms with E-state index in [9.17, 15) is 4.79 Å². The van der Waals surface area contributed by atoms with E-state index in [0.29, 0.717) is 18.3 Å². The maximum atomic E-state index is 12.3. The van der Waals surface area contributed by atoms with Crippen molar-refractivity contribution in [3.8, 4) is 0 Å². The Labute approximate surface area is 117 Å². The number of benzene rings is 1. The molecule has 98 valence electrons. The van der Waals surface area contributed by atoms with Gasteiger partial charge in [0, 0.05) is 17.6 Å². The van der Waals surface area contributed by atoms with Crippen LogP contribution in [-0.4, -0.2) is 23.9 Å². The highest BCUT2D eigenvalue weighted by Gasteiger charge is 2.25. The van der Waals surface area contributed by atoms with E-state index in [1.807, 2.05) is 29.2 Å². The second-order valence-corrected chi connectivity index (χ2v) is 6.46. The summed E-state index contributed by atoms with van der Waals surface area (Å²) < 4.78 is 1.05. The third-order valence-electron chi connectivity index (χ3n) is 3.49. The van der Waals surface area contributed by atoms with Gasteiger partial charge in [0.2, 0.25) is 5.91 Å². The molecule has 1 heterocycles. The van der Waals surface area contributed by atoms with Crippen LogP contribution in [0.15, 0.2) is 28.7 Å². The lowest BCUT2D eigenvalue weighted by Gasteiger charge is -2.35. The van der Waals surface area contributed by atoms with E-state index in [2.05, 4.69) is 29.8 Å². The predicted molar refractivity (Wildman–Crippen MR) is 77.4 cm³/mol. The molecule has 0 N–H and O–H groups in total. The lowest BCUT2D eigenvalue weighted by atomic mass is 9.91. The van der Waals surface area contributed by atoms with Crippen LogP contribution in [0.5, 0.6) is 0 Å². The van der Waals surface area contributed by atoms with Crippen molar-refractivity contribution in [3.63, 3.8) is 0 Å². The summed E-state index contributed by atoms with van der Waals surface area (Å²) in [5.41, 5.74) is 1.09. The second kappa shape index (κ2) is 5.87. The molecular weight excluding hydrogens is 290 g/mol. The standard InChI is InChI=1S/C15H20BrNO/c1-11-7-12(2)10-17(9-11)15(18)8-13-3-5-14(16)6-4-13/h3-6,11-12H,7-10H2,1-2H3. The zero-order valence-electron chi connectivity index (χ0n) is 11.0. The summed E-state index contributed by atoms with van der Waals surface area (Å²) in [7, 11) is 0. The van der Waals surface area contributed by atoms with Gasteiger partial charge >= 0.3 is 0 Å². The molecule has 1 aromatic rings. The number of hydrogen-bond donors (Lipinski definition) is 0. The highest BCUT2D eigenvalue weighted by molar-refractivity contribution is 9.10. The third-order valence-corrected chi connectivity index (χ3v) is 4.02. The van der Waals surface area contributed by atoms with Crippen LogP contribution >= 0.6 is 15.9 Å². The van der Waals surface area contributed by atoms with Crippen molar-refractivity contribution < 1.29 is 4.79 Å². The fourth-order valence-electron chi connectivity index (χ4n) is 2.76. The van der Waals surface area contributed by atoms with Gasteiger partial charge in [0.25, 0.3) is 0 Å². The molecule has 0 aliphatic carbocycles. The Hall–Kier alpha value is -0.830. The van der Waals surface area contributed by atoms with Crippen molar-refractivity contribution in [1.82, 2.24) is 4.90 Å². The molecule has 0 aromatic heterocycles. The van der Waals surface area contributed by atoms with Gasteiger partial charge in [-0.1, -0.05) is 41.9 Å². The highest BCUT2D eigenvalue weighted by atomic mass is 79.9. The Morgan fingerprint density at radius 3 is 2.33 bits per heavy atom. The van der Waals surface area contributed by atoms with Crippen LogP contribution in [0.1, 0.15) is 25.8 Å². The van der Waals surface area contributed by atoms with E-state index in [4.69, 9.17) is 0 Å². The molecule has 2 atom stereocenters. The number of rotatable bonds is 2. The molecule has 2 unspecified atom stereocenters. The number of hydrogen-bond acceptors (Lipinski definition) is 1. The lowest BCUT2D eigenvalue weighted by Crippen LogP contribution is -2.43. The summed E-state index contributed by atoms with van der Waals surface area (Å²) in [6.07, 6.45) is 1.76. The minimum Gasteiger partial charge on any atom is -0.342 e. The molecule has 2 rings (SSSR count). The van der Waals surface area contributed by atoms with Crippen molar-refractivity contribution in [1.29, 1.82) is 0 Å². The monoisotopic (exact) mass is 309 g/mol. The smallest absolute Gasteiger partial charge is 0.227 e. The first-order valence-electron chi connectivity index (χ1n) is 6.57. The van der Waals surface area contributed by atoms with Crippen molar-refractivity contribution in [2.75, 3.05) is 13.1 Å². The van der Waals surface area contributed by atoms with Gasteiger partial charge in [-0.25, -0.2) is 0 Å². The van der Waals surface area contributed by atoms with Crippen LogP contribution in [-0.2, 0) is 11.2 Å². The molecule has 3 heteroatoms. The molecule has 1 amide bonds. The Morgan fingerprint density at radius 1 is 1.22 bits per heavy atom. The number of amides is 1. The zero-order chi connectivity index (χ0) is 13.1. The van der Waals surface area contributed by atoms with E-state index in [1.165, 1.54) is 6.42 Å². The van der Waals surface area contributed by atoms with E-state index in [0.717, 1.165) is 23.1 Å². The predicted octanol–water partition coefficient (Wildman–Crippen LogP) is 3.50. The largest absolute Gasteiger partial charge is 0.342 e. The quantitative estimate of drug-likeness (QED) is 0.819. The first kappa shape index (κ1) is 13.6. The van der Waals surface area contributed by atoms with Gasteiger partial charge in [0.1, 0.15) is 0 Å². The Morgan fingerprint density at radius 2 is 1.78 bits per heavy atom. The number of halogens is 1. The fourth-order valence-corrected chi connectivity index (χ4v) is 3.02. The Balaban J connectivity index is 1.97. The van der Waals surface area contributed by atoms with E-state index in [-0.39, 0.29) is 5.91 Å². The highest BCUT2D eigenvalue weighted by Crippen LogP contribution is 2.21. The first-order valence-corrected chi connectivity index (χ1v) is 7.36. The molecule has 1 aromatic carbocycles. The average Bonchev–Trinajstić information content (AvgIpc) is 2.31. The maximum Gasteiger partial charge on any atom is 0.227 e. The van der Waals surface area contributed by atoms with Gasteiger partial charge in [-0.15, -0.1) is 0 Å². The molecule has 1 aliphatic heterocycles. The van der Waals surface area contributed by atoms with Crippen molar-refractivity contribution in [2.45, 2.75) is 26.7 Å². The van der Waals surface area contributed by atoms with E-state index < -0.39 is 0 Å². The topological polar surface area (TPSA) is 20.3 Å². The molecule has 0 radical (unpaired) electrons. The van der Waals surface area contributed by atoms with Gasteiger partial charge in [-0.2, -0.15) is 0 Å². The van der Waals surface area contributed by atoms with Crippen molar-refractivity contribution >= 4 is 21.8 Å². The molecule has 1 aliphatic rings. The number of likely N-dealkylation sites (tertiary alicyclic amines) is 1. The van der Waals surface area contributed by atoms with Crippen LogP contribution in [0.4, 0.5) is 0 Å². The van der Waals surface area contributed by atoms with E-state index >= 15 is 0 Å². The van der Waals surface area contributed by atoms with Gasteiger partial charge < -0.3 is 4.90 Å². The molecule has 1 fully saturated rings. The van der Waals surface area contributed by atoms with Crippen LogP contribution in [0.2, 0.25) is 0 Å². The summed E-state index contributed by atoms with van der Waals surface area (Å²) in [5, 5.41) is 0. The molecule has 0 saturated carbocycles. The number of piperidine rings is 1. The average molecular weight is 310 g/mol. The molecule has 0 bridgehead atoms. The Bertz CT molecular complexity index is 405. The first-order chi connectivity index (χ1) is 8.54.